The predicted molar refractivity (Wildman–Crippen MR) is 131 cm³/mol. The van der Waals surface area contributed by atoms with E-state index < -0.39 is 49.9 Å². The summed E-state index contributed by atoms with van der Waals surface area (Å²) in [5, 5.41) is -0.284. The molecule has 1 saturated heterocycles. The number of ether oxygens (including phenoxy) is 1. The van der Waals surface area contributed by atoms with E-state index in [0.717, 1.165) is 18.6 Å². The molecule has 36 heavy (non-hydrogen) atoms. The molecule has 7 nitrogen and oxygen atoms in total. The number of benzene rings is 3. The van der Waals surface area contributed by atoms with Crippen molar-refractivity contribution in [2.24, 2.45) is 0 Å². The summed E-state index contributed by atoms with van der Waals surface area (Å²) in [7, 11) is -4.67. The fourth-order valence-corrected chi connectivity index (χ4v) is 5.09. The second kappa shape index (κ2) is 10.2. The van der Waals surface area contributed by atoms with Crippen molar-refractivity contribution in [1.82, 2.24) is 4.90 Å². The Morgan fingerprint density at radius 2 is 1.75 bits per heavy atom. The number of nitrogens with zero attached hydrogens (tertiary/aromatic N) is 1. The Labute approximate surface area is 211 Å². The second-order valence-electron chi connectivity index (χ2n) is 8.04. The second-order valence-corrected chi connectivity index (χ2v) is 10.1. The van der Waals surface area contributed by atoms with Crippen LogP contribution in [0.3, 0.4) is 0 Å². The van der Waals surface area contributed by atoms with Crippen molar-refractivity contribution in [1.29, 1.82) is 0 Å². The summed E-state index contributed by atoms with van der Waals surface area (Å²) in [6, 6.07) is 12.0. The smallest absolute Gasteiger partial charge is 0.310 e. The molecule has 1 aliphatic heterocycles. The van der Waals surface area contributed by atoms with E-state index in [1.807, 2.05) is 0 Å². The number of sulfonamides is 1. The highest BCUT2D eigenvalue weighted by Gasteiger charge is 2.30. The molecule has 0 spiro atoms. The molecule has 1 heterocycles. The molecule has 0 radical (unpaired) electrons. The van der Waals surface area contributed by atoms with Crippen molar-refractivity contribution in [2.45, 2.75) is 24.7 Å². The molecule has 3 aromatic carbocycles. The van der Waals surface area contributed by atoms with E-state index >= 15 is 0 Å². The molecule has 1 aliphatic rings. The molecule has 3 aromatic rings. The minimum absolute atomic E-state index is 0.0351. The monoisotopic (exact) mass is 534 g/mol. The van der Waals surface area contributed by atoms with Crippen LogP contribution in [-0.4, -0.2) is 38.3 Å². The Hall–Kier alpha value is -3.50. The number of hydrogen-bond donors (Lipinski definition) is 1. The molecule has 0 atom stereocenters. The van der Waals surface area contributed by atoms with E-state index in [1.54, 1.807) is 30.3 Å². The van der Waals surface area contributed by atoms with Crippen LogP contribution in [-0.2, 0) is 14.8 Å². The van der Waals surface area contributed by atoms with Crippen LogP contribution in [0.2, 0.25) is 5.02 Å². The Morgan fingerprint density at radius 1 is 1.06 bits per heavy atom. The lowest BCUT2D eigenvalue weighted by Gasteiger charge is -2.31. The molecule has 11 heteroatoms. The quantitative estimate of drug-likeness (QED) is 0.330. The first-order chi connectivity index (χ1) is 17.1. The number of esters is 1. The molecular formula is C25H21ClF2N2O5S. The first kappa shape index (κ1) is 25.6. The van der Waals surface area contributed by atoms with Gasteiger partial charge in [-0.2, -0.15) is 0 Å². The SMILES string of the molecule is CCC(=O)Oc1c(Cl)cc(C(=O)N2CCC2)cc1S(=O)(=O)Nc1cc(-c2ccccc2)c(F)cc1F. The minimum Gasteiger partial charge on any atom is -0.423 e. The third-order valence-corrected chi connectivity index (χ3v) is 7.23. The molecular weight excluding hydrogens is 514 g/mol. The zero-order valence-electron chi connectivity index (χ0n) is 19.1. The summed E-state index contributed by atoms with van der Waals surface area (Å²) < 4.78 is 63.2. The highest BCUT2D eigenvalue weighted by atomic mass is 35.5. The zero-order chi connectivity index (χ0) is 26.0. The van der Waals surface area contributed by atoms with Gasteiger partial charge in [-0.25, -0.2) is 17.2 Å². The van der Waals surface area contributed by atoms with Crippen molar-refractivity contribution in [3.63, 3.8) is 0 Å². The minimum atomic E-state index is -4.67. The van der Waals surface area contributed by atoms with E-state index in [0.29, 0.717) is 24.7 Å². The van der Waals surface area contributed by atoms with E-state index in [1.165, 1.54) is 17.9 Å². The molecule has 188 valence electrons. The topological polar surface area (TPSA) is 92.8 Å². The molecule has 4 rings (SSSR count). The Balaban J connectivity index is 1.80. The van der Waals surface area contributed by atoms with E-state index in [4.69, 9.17) is 16.3 Å². The molecule has 0 bridgehead atoms. The Kier molecular flexibility index (Phi) is 7.28. The number of likely N-dealkylation sites (tertiary alicyclic amines) is 1. The van der Waals surface area contributed by atoms with Crippen molar-refractivity contribution < 1.29 is 31.5 Å². The van der Waals surface area contributed by atoms with Crippen LogP contribution in [0.4, 0.5) is 14.5 Å². The molecule has 0 saturated carbocycles. The highest BCUT2D eigenvalue weighted by Crippen LogP contribution is 2.37. The normalized spacial score (nSPS) is 13.2. The number of carbonyl (C=O) groups excluding carboxylic acids is 2. The van der Waals surface area contributed by atoms with Crippen molar-refractivity contribution in [3.05, 3.63) is 76.8 Å². The standard InChI is InChI=1S/C25H21ClF2N2O5S/c1-2-23(31)35-24-18(26)11-16(25(32)30-9-6-10-30)12-22(24)36(33,34)29-21-13-17(19(27)14-20(21)28)15-7-4-3-5-8-15/h3-5,7-8,11-14,29H,2,6,9-10H2,1H3. The zero-order valence-corrected chi connectivity index (χ0v) is 20.6. The number of carbonyl (C=O) groups is 2. The lowest BCUT2D eigenvalue weighted by Crippen LogP contribution is -2.42. The lowest BCUT2D eigenvalue weighted by atomic mass is 10.0. The average Bonchev–Trinajstić information content (AvgIpc) is 2.81. The molecule has 1 fully saturated rings. The van der Waals surface area contributed by atoms with Crippen LogP contribution < -0.4 is 9.46 Å². The molecule has 0 aromatic heterocycles. The van der Waals surface area contributed by atoms with Gasteiger partial charge in [0.2, 0.25) is 0 Å². The number of nitrogens with one attached hydrogen (secondary N) is 1. The van der Waals surface area contributed by atoms with Crippen LogP contribution >= 0.6 is 11.6 Å². The number of anilines is 1. The lowest BCUT2D eigenvalue weighted by molar-refractivity contribution is -0.134. The summed E-state index contributed by atoms with van der Waals surface area (Å²) in [6.07, 6.45) is 0.733. The van der Waals surface area contributed by atoms with Gasteiger partial charge in [0.05, 0.1) is 10.7 Å². The van der Waals surface area contributed by atoms with Gasteiger partial charge in [0.15, 0.2) is 5.75 Å². The summed E-state index contributed by atoms with van der Waals surface area (Å²) >= 11 is 6.25. The molecule has 1 N–H and O–H groups in total. The van der Waals surface area contributed by atoms with Crippen molar-refractivity contribution in [3.8, 4) is 16.9 Å². The Bertz CT molecular complexity index is 1440. The summed E-state index contributed by atoms with van der Waals surface area (Å²) in [4.78, 5) is 25.6. The predicted octanol–water partition coefficient (Wildman–Crippen LogP) is 5.25. The van der Waals surface area contributed by atoms with Crippen LogP contribution in [0.15, 0.2) is 59.5 Å². The van der Waals surface area contributed by atoms with Crippen LogP contribution in [0, 0.1) is 11.6 Å². The van der Waals surface area contributed by atoms with Crippen LogP contribution in [0.5, 0.6) is 5.75 Å². The van der Waals surface area contributed by atoms with Gasteiger partial charge >= 0.3 is 5.97 Å². The van der Waals surface area contributed by atoms with Crippen LogP contribution in [0.1, 0.15) is 30.1 Å². The van der Waals surface area contributed by atoms with Crippen molar-refractivity contribution >= 4 is 39.2 Å². The van der Waals surface area contributed by atoms with Gasteiger partial charge in [-0.1, -0.05) is 48.9 Å². The third-order valence-electron chi connectivity index (χ3n) is 5.58. The maximum Gasteiger partial charge on any atom is 0.310 e. The number of hydrogen-bond acceptors (Lipinski definition) is 5. The fourth-order valence-electron chi connectivity index (χ4n) is 3.54. The van der Waals surface area contributed by atoms with E-state index in [9.17, 15) is 26.8 Å². The molecule has 1 amide bonds. The fraction of sp³-hybridized carbons (Fsp3) is 0.200. The highest BCUT2D eigenvalue weighted by molar-refractivity contribution is 7.92. The Morgan fingerprint density at radius 3 is 2.36 bits per heavy atom. The third kappa shape index (κ3) is 5.19. The van der Waals surface area contributed by atoms with Gasteiger partial charge in [-0.15, -0.1) is 0 Å². The van der Waals surface area contributed by atoms with Gasteiger partial charge in [0, 0.05) is 36.7 Å². The first-order valence-electron chi connectivity index (χ1n) is 11.0. The van der Waals surface area contributed by atoms with Gasteiger partial charge in [0.25, 0.3) is 15.9 Å². The number of rotatable bonds is 7. The maximum absolute atomic E-state index is 14.7. The van der Waals surface area contributed by atoms with Gasteiger partial charge in [0.1, 0.15) is 16.5 Å². The van der Waals surface area contributed by atoms with Crippen molar-refractivity contribution in [2.75, 3.05) is 17.8 Å². The first-order valence-corrected chi connectivity index (χ1v) is 12.9. The summed E-state index contributed by atoms with van der Waals surface area (Å²) in [6.45, 7) is 2.52. The molecule has 0 unspecified atom stereocenters. The van der Waals surface area contributed by atoms with E-state index in [-0.39, 0.29) is 22.6 Å². The largest absolute Gasteiger partial charge is 0.423 e. The van der Waals surface area contributed by atoms with Gasteiger partial charge < -0.3 is 9.64 Å². The van der Waals surface area contributed by atoms with Gasteiger partial charge in [-0.3, -0.25) is 14.3 Å². The maximum atomic E-state index is 14.7. The number of amides is 1. The summed E-state index contributed by atoms with van der Waals surface area (Å²) in [5.74, 6) is -3.77. The van der Waals surface area contributed by atoms with Crippen LogP contribution in [0.25, 0.3) is 11.1 Å². The number of halogens is 3. The van der Waals surface area contributed by atoms with E-state index in [2.05, 4.69) is 4.72 Å². The van der Waals surface area contributed by atoms with Gasteiger partial charge in [-0.05, 0) is 30.2 Å². The summed E-state index contributed by atoms with van der Waals surface area (Å²) in [5.41, 5.74) is -0.218. The molecule has 0 aliphatic carbocycles. The average molecular weight is 535 g/mol.